The van der Waals surface area contributed by atoms with E-state index in [1.54, 1.807) is 17.4 Å². The van der Waals surface area contributed by atoms with Gasteiger partial charge in [-0.25, -0.2) is 0 Å². The fraction of sp³-hybridized carbons (Fsp3) is 0.211. The lowest BCUT2D eigenvalue weighted by atomic mass is 10.3. The quantitative estimate of drug-likeness (QED) is 0.671. The molecule has 3 aromatic rings. The highest BCUT2D eigenvalue weighted by molar-refractivity contribution is 7.12. The highest BCUT2D eigenvalue weighted by Crippen LogP contribution is 2.25. The first-order chi connectivity index (χ1) is 13.2. The smallest absolute Gasteiger partial charge is 0.264 e. The van der Waals surface area contributed by atoms with Crippen molar-refractivity contribution in [2.24, 2.45) is 0 Å². The topological polar surface area (TPSA) is 73.4 Å². The van der Waals surface area contributed by atoms with Gasteiger partial charge in [0.1, 0.15) is 6.07 Å². The van der Waals surface area contributed by atoms with Crippen LogP contribution >= 0.6 is 22.7 Å². The molecule has 1 aliphatic heterocycles. The summed E-state index contributed by atoms with van der Waals surface area (Å²) in [6.07, 6.45) is 3.69. The lowest BCUT2D eigenvalue weighted by Gasteiger charge is -2.34. The number of piperazine rings is 1. The van der Waals surface area contributed by atoms with Crippen LogP contribution in [-0.2, 0) is 0 Å². The Morgan fingerprint density at radius 1 is 1.15 bits per heavy atom. The number of amides is 1. The van der Waals surface area contributed by atoms with Crippen molar-refractivity contribution < 1.29 is 9.21 Å². The van der Waals surface area contributed by atoms with Crippen molar-refractivity contribution in [2.75, 3.05) is 31.1 Å². The Labute approximate surface area is 164 Å². The molecule has 0 atom stereocenters. The Hall–Kier alpha value is -2.89. The normalized spacial score (nSPS) is 14.6. The van der Waals surface area contributed by atoms with Gasteiger partial charge in [-0.2, -0.15) is 10.2 Å². The minimum Gasteiger partial charge on any atom is -0.420 e. The molecule has 0 N–H and O–H groups in total. The average Bonchev–Trinajstić information content (AvgIpc) is 3.47. The van der Waals surface area contributed by atoms with Gasteiger partial charge in [0.15, 0.2) is 0 Å². The molecule has 1 amide bonds. The van der Waals surface area contributed by atoms with E-state index < -0.39 is 0 Å². The Morgan fingerprint density at radius 3 is 2.59 bits per heavy atom. The van der Waals surface area contributed by atoms with Crippen LogP contribution < -0.4 is 4.90 Å². The van der Waals surface area contributed by atoms with Crippen LogP contribution in [0.2, 0.25) is 0 Å². The first-order valence-corrected chi connectivity index (χ1v) is 10.2. The van der Waals surface area contributed by atoms with Gasteiger partial charge in [-0.05, 0) is 29.0 Å². The molecule has 0 saturated carbocycles. The number of rotatable bonds is 4. The van der Waals surface area contributed by atoms with Crippen molar-refractivity contribution >= 4 is 46.6 Å². The van der Waals surface area contributed by atoms with Gasteiger partial charge in [0.25, 0.3) is 5.91 Å². The van der Waals surface area contributed by atoms with Gasteiger partial charge in [0.05, 0.1) is 4.88 Å². The molecule has 0 radical (unpaired) electrons. The zero-order chi connectivity index (χ0) is 18.6. The van der Waals surface area contributed by atoms with E-state index in [1.807, 2.05) is 50.9 Å². The van der Waals surface area contributed by atoms with Crippen molar-refractivity contribution in [1.29, 1.82) is 5.26 Å². The molecule has 6 nitrogen and oxygen atoms in total. The van der Waals surface area contributed by atoms with Crippen LogP contribution in [-0.4, -0.2) is 42.0 Å². The Morgan fingerprint density at radius 2 is 1.93 bits per heavy atom. The van der Waals surface area contributed by atoms with E-state index in [4.69, 9.17) is 4.42 Å². The van der Waals surface area contributed by atoms with E-state index in [1.165, 1.54) is 11.3 Å². The summed E-state index contributed by atoms with van der Waals surface area (Å²) in [7, 11) is 0. The van der Waals surface area contributed by atoms with Crippen LogP contribution in [0.15, 0.2) is 39.4 Å². The van der Waals surface area contributed by atoms with Crippen LogP contribution in [0.4, 0.5) is 5.88 Å². The second kappa shape index (κ2) is 7.78. The SMILES string of the molecule is N#Cc1nc(C=Cc2cccs2)oc1N1CCN(C(=O)c2cccs2)CC1. The monoisotopic (exact) mass is 396 g/mol. The van der Waals surface area contributed by atoms with Crippen LogP contribution in [0.1, 0.15) is 26.1 Å². The molecule has 4 heterocycles. The summed E-state index contributed by atoms with van der Waals surface area (Å²) in [4.78, 5) is 22.4. The minimum absolute atomic E-state index is 0.0577. The maximum absolute atomic E-state index is 12.5. The van der Waals surface area contributed by atoms with Crippen LogP contribution in [0.25, 0.3) is 12.2 Å². The number of carbonyl (C=O) groups is 1. The summed E-state index contributed by atoms with van der Waals surface area (Å²) >= 11 is 3.07. The van der Waals surface area contributed by atoms with E-state index in [2.05, 4.69) is 11.1 Å². The van der Waals surface area contributed by atoms with Crippen molar-refractivity contribution in [3.63, 3.8) is 0 Å². The van der Waals surface area contributed by atoms with Crippen molar-refractivity contribution in [3.8, 4) is 6.07 Å². The molecule has 136 valence electrons. The molecule has 0 spiro atoms. The van der Waals surface area contributed by atoms with E-state index in [9.17, 15) is 10.1 Å². The van der Waals surface area contributed by atoms with Gasteiger partial charge in [0, 0.05) is 37.1 Å². The summed E-state index contributed by atoms with van der Waals surface area (Å²) in [5.74, 6) is 0.945. The maximum atomic E-state index is 12.5. The predicted octanol–water partition coefficient (Wildman–Crippen LogP) is 3.80. The minimum atomic E-state index is 0.0577. The van der Waals surface area contributed by atoms with Gasteiger partial charge in [-0.1, -0.05) is 12.1 Å². The fourth-order valence-electron chi connectivity index (χ4n) is 2.89. The zero-order valence-electron chi connectivity index (χ0n) is 14.4. The predicted molar refractivity (Wildman–Crippen MR) is 107 cm³/mol. The number of hydrogen-bond acceptors (Lipinski definition) is 7. The molecule has 3 aromatic heterocycles. The van der Waals surface area contributed by atoms with Gasteiger partial charge in [-0.3, -0.25) is 4.79 Å². The number of hydrogen-bond donors (Lipinski definition) is 0. The summed E-state index contributed by atoms with van der Waals surface area (Å²) in [5, 5.41) is 13.3. The summed E-state index contributed by atoms with van der Waals surface area (Å²) in [5.41, 5.74) is 0.277. The largest absolute Gasteiger partial charge is 0.420 e. The molecule has 0 aromatic carbocycles. The molecular weight excluding hydrogens is 380 g/mol. The molecule has 0 bridgehead atoms. The molecule has 1 saturated heterocycles. The van der Waals surface area contributed by atoms with Gasteiger partial charge in [0.2, 0.25) is 17.5 Å². The Bertz CT molecular complexity index is 976. The van der Waals surface area contributed by atoms with Crippen LogP contribution in [0.5, 0.6) is 0 Å². The molecule has 4 rings (SSSR count). The molecule has 0 aliphatic carbocycles. The highest BCUT2D eigenvalue weighted by atomic mass is 32.1. The molecule has 8 heteroatoms. The lowest BCUT2D eigenvalue weighted by Crippen LogP contribution is -2.48. The maximum Gasteiger partial charge on any atom is 0.264 e. The second-order valence-electron chi connectivity index (χ2n) is 5.92. The van der Waals surface area contributed by atoms with Gasteiger partial charge >= 0.3 is 0 Å². The molecule has 27 heavy (non-hydrogen) atoms. The van der Waals surface area contributed by atoms with Crippen LogP contribution in [0.3, 0.4) is 0 Å². The third-order valence-electron chi connectivity index (χ3n) is 4.25. The molecule has 0 unspecified atom stereocenters. The number of thiophene rings is 2. The van der Waals surface area contributed by atoms with Crippen LogP contribution in [0, 0.1) is 11.3 Å². The zero-order valence-corrected chi connectivity index (χ0v) is 16.0. The number of carbonyl (C=O) groups excluding carboxylic acids is 1. The Balaban J connectivity index is 1.45. The summed E-state index contributed by atoms with van der Waals surface area (Å²) in [6, 6.07) is 9.81. The number of aromatic nitrogens is 1. The second-order valence-corrected chi connectivity index (χ2v) is 7.85. The van der Waals surface area contributed by atoms with Crippen molar-refractivity contribution in [3.05, 3.63) is 56.4 Å². The van der Waals surface area contributed by atoms with Crippen molar-refractivity contribution in [2.45, 2.75) is 0 Å². The number of nitrogens with zero attached hydrogens (tertiary/aromatic N) is 4. The van der Waals surface area contributed by atoms with Crippen molar-refractivity contribution in [1.82, 2.24) is 9.88 Å². The lowest BCUT2D eigenvalue weighted by molar-refractivity contribution is 0.0750. The number of nitriles is 1. The summed E-state index contributed by atoms with van der Waals surface area (Å²) in [6.45, 7) is 2.38. The molecule has 1 fully saturated rings. The third-order valence-corrected chi connectivity index (χ3v) is 5.95. The number of anilines is 1. The highest BCUT2D eigenvalue weighted by Gasteiger charge is 2.26. The van der Waals surface area contributed by atoms with Gasteiger partial charge < -0.3 is 14.2 Å². The van der Waals surface area contributed by atoms with E-state index in [-0.39, 0.29) is 11.6 Å². The summed E-state index contributed by atoms with van der Waals surface area (Å²) < 4.78 is 5.82. The third kappa shape index (κ3) is 3.79. The van der Waals surface area contributed by atoms with Gasteiger partial charge in [-0.15, -0.1) is 22.7 Å². The first-order valence-electron chi connectivity index (χ1n) is 8.45. The molecular formula is C19H16N4O2S2. The number of oxazole rings is 1. The first kappa shape index (κ1) is 17.5. The Kier molecular flexibility index (Phi) is 5.05. The van der Waals surface area contributed by atoms with E-state index >= 15 is 0 Å². The molecule has 1 aliphatic rings. The fourth-order valence-corrected chi connectivity index (χ4v) is 4.20. The average molecular weight is 396 g/mol. The van der Waals surface area contributed by atoms with E-state index in [0.717, 1.165) is 9.75 Å². The standard InChI is InChI=1S/C19H16N4O2S2/c20-13-15-19(25-17(21-15)6-5-14-3-1-11-26-14)23-9-7-22(8-10-23)18(24)16-4-2-12-27-16/h1-6,11-12H,7-10H2. The van der Waals surface area contributed by atoms with E-state index in [0.29, 0.717) is 38.0 Å².